The first-order valence-electron chi connectivity index (χ1n) is 3.88. The molecule has 1 rings (SSSR count). The van der Waals surface area contributed by atoms with Crippen LogP contribution in [0.15, 0.2) is 0 Å². The minimum absolute atomic E-state index is 0.276. The van der Waals surface area contributed by atoms with E-state index in [2.05, 4.69) is 0 Å². The first-order valence-corrected chi connectivity index (χ1v) is 3.88. The zero-order valence-corrected chi connectivity index (χ0v) is 6.79. The largest absolute Gasteiger partial charge is 0.394 e. The van der Waals surface area contributed by atoms with Crippen LogP contribution in [0.2, 0.25) is 0 Å². The molecule has 0 amide bonds. The zero-order chi connectivity index (χ0) is 9.30. The molecule has 1 saturated heterocycles. The van der Waals surface area contributed by atoms with Gasteiger partial charge in [0.15, 0.2) is 6.29 Å². The van der Waals surface area contributed by atoms with Crippen LogP contribution in [-0.4, -0.2) is 51.6 Å². The molecular weight excluding hydrogens is 164 g/mol. The molecule has 0 aromatic carbocycles. The van der Waals surface area contributed by atoms with Crippen molar-refractivity contribution in [3.8, 4) is 0 Å². The highest BCUT2D eigenvalue weighted by Gasteiger charge is 2.40. The third kappa shape index (κ3) is 1.60. The predicted octanol–water partition coefficient (Wildman–Crippen LogP) is -1.95. The van der Waals surface area contributed by atoms with E-state index in [0.29, 0.717) is 0 Å². The second kappa shape index (κ2) is 3.68. The number of aliphatic hydroxyl groups is 4. The van der Waals surface area contributed by atoms with E-state index < -0.39 is 24.6 Å². The van der Waals surface area contributed by atoms with E-state index in [1.165, 1.54) is 0 Å². The van der Waals surface area contributed by atoms with Crippen LogP contribution in [0.4, 0.5) is 0 Å². The fraction of sp³-hybridized carbons (Fsp3) is 1.00. The van der Waals surface area contributed by atoms with Crippen molar-refractivity contribution >= 4 is 0 Å². The molecule has 5 heteroatoms. The van der Waals surface area contributed by atoms with Gasteiger partial charge in [0.05, 0.1) is 18.8 Å². The average Bonchev–Trinajstić information content (AvgIpc) is 2.08. The maximum Gasteiger partial charge on any atom is 0.183 e. The molecule has 1 aliphatic heterocycles. The molecule has 5 nitrogen and oxygen atoms in total. The normalized spacial score (nSPS) is 49.2. The van der Waals surface area contributed by atoms with Crippen molar-refractivity contribution < 1.29 is 25.2 Å². The Balaban J connectivity index is 2.63. The molecule has 0 spiro atoms. The van der Waals surface area contributed by atoms with Crippen molar-refractivity contribution in [3.63, 3.8) is 0 Å². The fourth-order valence-corrected chi connectivity index (χ4v) is 1.29. The maximum atomic E-state index is 9.32. The van der Waals surface area contributed by atoms with Crippen LogP contribution in [-0.2, 0) is 4.74 Å². The Morgan fingerprint density at radius 2 is 1.75 bits per heavy atom. The Morgan fingerprint density at radius 3 is 2.25 bits per heavy atom. The summed E-state index contributed by atoms with van der Waals surface area (Å²) in [6.07, 6.45) is -4.36. The molecule has 0 radical (unpaired) electrons. The van der Waals surface area contributed by atoms with Gasteiger partial charge < -0.3 is 25.2 Å². The minimum Gasteiger partial charge on any atom is -0.394 e. The number of ether oxygens (including phenoxy) is 1. The molecule has 1 heterocycles. The van der Waals surface area contributed by atoms with Gasteiger partial charge in [-0.1, -0.05) is 6.92 Å². The van der Waals surface area contributed by atoms with Crippen molar-refractivity contribution in [1.29, 1.82) is 0 Å². The van der Waals surface area contributed by atoms with E-state index >= 15 is 0 Å². The Kier molecular flexibility index (Phi) is 3.03. The van der Waals surface area contributed by atoms with Crippen molar-refractivity contribution in [3.05, 3.63) is 0 Å². The third-order valence-corrected chi connectivity index (χ3v) is 2.26. The number of hydrogen-bond donors (Lipinski definition) is 4. The zero-order valence-electron chi connectivity index (χ0n) is 6.79. The monoisotopic (exact) mass is 178 g/mol. The van der Waals surface area contributed by atoms with E-state index in [1.807, 2.05) is 0 Å². The van der Waals surface area contributed by atoms with Gasteiger partial charge in [0.25, 0.3) is 0 Å². The van der Waals surface area contributed by atoms with Gasteiger partial charge in [-0.25, -0.2) is 0 Å². The molecule has 4 N–H and O–H groups in total. The van der Waals surface area contributed by atoms with Gasteiger partial charge in [-0.05, 0) is 0 Å². The minimum atomic E-state index is -1.41. The summed E-state index contributed by atoms with van der Waals surface area (Å²) >= 11 is 0. The van der Waals surface area contributed by atoms with Gasteiger partial charge in [-0.2, -0.15) is 0 Å². The molecule has 0 saturated carbocycles. The van der Waals surface area contributed by atoms with Gasteiger partial charge in [0, 0.05) is 5.92 Å². The Hall–Kier alpha value is -0.200. The lowest BCUT2D eigenvalue weighted by atomic mass is 9.91. The second-order valence-electron chi connectivity index (χ2n) is 3.09. The van der Waals surface area contributed by atoms with Crippen LogP contribution in [0.5, 0.6) is 0 Å². The van der Waals surface area contributed by atoms with Crippen LogP contribution >= 0.6 is 0 Å². The molecule has 1 fully saturated rings. The van der Waals surface area contributed by atoms with E-state index in [4.69, 9.17) is 20.1 Å². The van der Waals surface area contributed by atoms with E-state index in [-0.39, 0.29) is 12.5 Å². The first-order chi connectivity index (χ1) is 5.57. The molecule has 1 aliphatic rings. The highest BCUT2D eigenvalue weighted by atomic mass is 16.6. The molecule has 5 atom stereocenters. The van der Waals surface area contributed by atoms with Gasteiger partial charge in [0.1, 0.15) is 6.10 Å². The molecule has 12 heavy (non-hydrogen) atoms. The Labute approximate surface area is 70.2 Å². The average molecular weight is 178 g/mol. The Morgan fingerprint density at radius 1 is 1.17 bits per heavy atom. The summed E-state index contributed by atoms with van der Waals surface area (Å²) in [6, 6.07) is 0. The lowest BCUT2D eigenvalue weighted by Gasteiger charge is -2.38. The molecule has 2 unspecified atom stereocenters. The summed E-state index contributed by atoms with van der Waals surface area (Å²) in [6.45, 7) is 1.36. The number of hydrogen-bond acceptors (Lipinski definition) is 5. The van der Waals surface area contributed by atoms with Crippen molar-refractivity contribution in [2.75, 3.05) is 6.61 Å². The summed E-state index contributed by atoms with van der Waals surface area (Å²) < 4.78 is 4.83. The van der Waals surface area contributed by atoms with Gasteiger partial charge >= 0.3 is 0 Å². The second-order valence-corrected chi connectivity index (χ2v) is 3.09. The molecule has 0 aliphatic carbocycles. The molecule has 0 aromatic heterocycles. The first kappa shape index (κ1) is 9.88. The molecule has 72 valence electrons. The Bertz CT molecular complexity index is 146. The van der Waals surface area contributed by atoms with E-state index in [9.17, 15) is 5.11 Å². The highest BCUT2D eigenvalue weighted by molar-refractivity contribution is 4.85. The summed E-state index contributed by atoms with van der Waals surface area (Å²) in [5.41, 5.74) is 0. The third-order valence-electron chi connectivity index (χ3n) is 2.26. The smallest absolute Gasteiger partial charge is 0.183 e. The van der Waals surface area contributed by atoms with Crippen LogP contribution in [0.1, 0.15) is 6.92 Å². The van der Waals surface area contributed by atoms with Gasteiger partial charge in [-0.15, -0.1) is 0 Å². The van der Waals surface area contributed by atoms with E-state index in [1.54, 1.807) is 6.92 Å². The van der Waals surface area contributed by atoms with Crippen molar-refractivity contribution in [2.24, 2.45) is 5.92 Å². The molecule has 0 bridgehead atoms. The summed E-state index contributed by atoms with van der Waals surface area (Å²) in [5, 5.41) is 36.2. The van der Waals surface area contributed by atoms with E-state index in [0.717, 1.165) is 0 Å². The fourth-order valence-electron chi connectivity index (χ4n) is 1.29. The van der Waals surface area contributed by atoms with Crippen molar-refractivity contribution in [2.45, 2.75) is 31.5 Å². The summed E-state index contributed by atoms with van der Waals surface area (Å²) in [4.78, 5) is 0. The lowest BCUT2D eigenvalue weighted by molar-refractivity contribution is -0.271. The maximum absolute atomic E-state index is 9.32. The number of rotatable bonds is 1. The topological polar surface area (TPSA) is 90.2 Å². The number of aliphatic hydroxyl groups excluding tert-OH is 4. The molecule has 0 aromatic rings. The summed E-state index contributed by atoms with van der Waals surface area (Å²) in [7, 11) is 0. The highest BCUT2D eigenvalue weighted by Crippen LogP contribution is 2.24. The van der Waals surface area contributed by atoms with Crippen LogP contribution < -0.4 is 0 Å². The predicted molar refractivity (Wildman–Crippen MR) is 39.1 cm³/mol. The quantitative estimate of drug-likeness (QED) is 0.375. The molecular formula is C7H14O5. The standard InChI is InChI=1S/C7H14O5/c1-3-4(2-8)12-7(11)6(10)5(3)9/h3-11H,2H2,1H3/t3-,4?,5?,6+,7-/m1/s1. The SMILES string of the molecule is C[C@@H]1C(CO)O[C@@H](O)[C@@H](O)C1O. The summed E-state index contributed by atoms with van der Waals surface area (Å²) in [5.74, 6) is -0.381. The van der Waals surface area contributed by atoms with Gasteiger partial charge in [0.2, 0.25) is 0 Å². The van der Waals surface area contributed by atoms with Crippen LogP contribution in [0.25, 0.3) is 0 Å². The van der Waals surface area contributed by atoms with Crippen LogP contribution in [0.3, 0.4) is 0 Å². The van der Waals surface area contributed by atoms with Gasteiger partial charge in [-0.3, -0.25) is 0 Å². The van der Waals surface area contributed by atoms with Crippen molar-refractivity contribution in [1.82, 2.24) is 0 Å². The lowest BCUT2D eigenvalue weighted by Crippen LogP contribution is -2.54. The van der Waals surface area contributed by atoms with Crippen LogP contribution in [0, 0.1) is 5.92 Å².